The molecule has 1 heterocycles. The topological polar surface area (TPSA) is 67.2 Å². The van der Waals surface area contributed by atoms with Gasteiger partial charge in [-0.2, -0.15) is 5.10 Å². The van der Waals surface area contributed by atoms with Gasteiger partial charge in [-0.1, -0.05) is 6.92 Å². The molecule has 2 N–H and O–H groups in total. The number of carboxylic acid groups (broad SMARTS) is 1. The fourth-order valence-corrected chi connectivity index (χ4v) is 1.07. The minimum absolute atomic E-state index is 0.357. The Morgan fingerprint density at radius 2 is 2.54 bits per heavy atom. The Labute approximate surface area is 76.4 Å². The minimum Gasteiger partial charge on any atom is -0.480 e. The molecule has 1 aromatic heterocycles. The monoisotopic (exact) mass is 183 g/mol. The predicted molar refractivity (Wildman–Crippen MR) is 47.3 cm³/mol. The summed E-state index contributed by atoms with van der Waals surface area (Å²) in [6.45, 7) is 2.87. The highest BCUT2D eigenvalue weighted by Crippen LogP contribution is 1.91. The number of carbonyl (C=O) groups is 1. The molecular formula is C8H13N3O2. The zero-order chi connectivity index (χ0) is 9.68. The Kier molecular flexibility index (Phi) is 3.45. The van der Waals surface area contributed by atoms with E-state index in [1.165, 1.54) is 0 Å². The van der Waals surface area contributed by atoms with E-state index in [-0.39, 0.29) is 0 Å². The van der Waals surface area contributed by atoms with Crippen molar-refractivity contribution in [2.24, 2.45) is 0 Å². The molecule has 1 aromatic rings. The maximum atomic E-state index is 10.7. The van der Waals surface area contributed by atoms with Crippen LogP contribution in [0.15, 0.2) is 18.5 Å². The van der Waals surface area contributed by atoms with Crippen LogP contribution < -0.4 is 5.32 Å². The molecule has 0 bridgehead atoms. The molecule has 5 heteroatoms. The van der Waals surface area contributed by atoms with Crippen LogP contribution in [0.2, 0.25) is 0 Å². The summed E-state index contributed by atoms with van der Waals surface area (Å²) in [5.74, 6) is -0.850. The maximum absolute atomic E-state index is 10.7. The van der Waals surface area contributed by atoms with Crippen LogP contribution in [0.4, 0.5) is 0 Å². The highest BCUT2D eigenvalue weighted by molar-refractivity contribution is 5.73. The lowest BCUT2D eigenvalue weighted by atomic mass is 10.3. The highest BCUT2D eigenvalue weighted by atomic mass is 16.4. The largest absolute Gasteiger partial charge is 0.480 e. The number of hydrogen-bond acceptors (Lipinski definition) is 3. The Hall–Kier alpha value is -1.36. The maximum Gasteiger partial charge on any atom is 0.322 e. The van der Waals surface area contributed by atoms with E-state index in [1.807, 2.05) is 6.92 Å². The first-order valence-corrected chi connectivity index (χ1v) is 4.17. The van der Waals surface area contributed by atoms with Gasteiger partial charge in [0.25, 0.3) is 0 Å². The molecule has 0 aliphatic rings. The van der Waals surface area contributed by atoms with E-state index in [4.69, 9.17) is 5.11 Å². The van der Waals surface area contributed by atoms with E-state index in [2.05, 4.69) is 10.4 Å². The normalized spacial score (nSPS) is 12.7. The zero-order valence-electron chi connectivity index (χ0n) is 7.47. The van der Waals surface area contributed by atoms with Gasteiger partial charge in [0.05, 0.1) is 6.54 Å². The fraction of sp³-hybridized carbons (Fsp3) is 0.500. The number of rotatable bonds is 5. The van der Waals surface area contributed by atoms with Crippen LogP contribution in [0.1, 0.15) is 6.92 Å². The Bertz CT molecular complexity index is 258. The molecule has 1 atom stereocenters. The van der Waals surface area contributed by atoms with E-state index in [0.717, 1.165) is 0 Å². The van der Waals surface area contributed by atoms with Crippen molar-refractivity contribution in [1.82, 2.24) is 15.1 Å². The molecule has 1 unspecified atom stereocenters. The van der Waals surface area contributed by atoms with Gasteiger partial charge in [-0.15, -0.1) is 0 Å². The molecule has 0 amide bonds. The second kappa shape index (κ2) is 4.61. The SMILES string of the molecule is CCNC(Cn1cccn1)C(=O)O. The van der Waals surface area contributed by atoms with Crippen LogP contribution in [-0.2, 0) is 11.3 Å². The van der Waals surface area contributed by atoms with Gasteiger partial charge in [-0.3, -0.25) is 9.48 Å². The molecule has 1 rings (SSSR count). The summed E-state index contributed by atoms with van der Waals surface area (Å²) in [7, 11) is 0. The lowest BCUT2D eigenvalue weighted by molar-refractivity contribution is -0.139. The van der Waals surface area contributed by atoms with Crippen LogP contribution in [0.3, 0.4) is 0 Å². The van der Waals surface area contributed by atoms with Gasteiger partial charge in [0.15, 0.2) is 0 Å². The second-order valence-electron chi connectivity index (χ2n) is 2.68. The number of hydrogen-bond donors (Lipinski definition) is 2. The summed E-state index contributed by atoms with van der Waals surface area (Å²) < 4.78 is 1.60. The molecule has 5 nitrogen and oxygen atoms in total. The number of nitrogens with zero attached hydrogens (tertiary/aromatic N) is 2. The number of nitrogens with one attached hydrogen (secondary N) is 1. The number of aliphatic carboxylic acids is 1. The number of likely N-dealkylation sites (N-methyl/N-ethyl adjacent to an activating group) is 1. The van der Waals surface area contributed by atoms with Gasteiger partial charge in [0.2, 0.25) is 0 Å². The van der Waals surface area contributed by atoms with Crippen molar-refractivity contribution in [1.29, 1.82) is 0 Å². The molecular weight excluding hydrogens is 170 g/mol. The molecule has 13 heavy (non-hydrogen) atoms. The first kappa shape index (κ1) is 9.73. The smallest absolute Gasteiger partial charge is 0.322 e. The summed E-state index contributed by atoms with van der Waals surface area (Å²) in [5.41, 5.74) is 0. The van der Waals surface area contributed by atoms with E-state index in [1.54, 1.807) is 23.1 Å². The minimum atomic E-state index is -0.850. The van der Waals surface area contributed by atoms with Crippen LogP contribution in [0, 0.1) is 0 Å². The Morgan fingerprint density at radius 1 is 1.77 bits per heavy atom. The molecule has 0 aliphatic carbocycles. The zero-order valence-corrected chi connectivity index (χ0v) is 7.47. The summed E-state index contributed by atoms with van der Waals surface area (Å²) in [5, 5.41) is 15.6. The molecule has 0 radical (unpaired) electrons. The molecule has 0 saturated carbocycles. The summed E-state index contributed by atoms with van der Waals surface area (Å²) in [6, 6.07) is 1.20. The van der Waals surface area contributed by atoms with Gasteiger partial charge in [-0.05, 0) is 12.6 Å². The van der Waals surface area contributed by atoms with Crippen molar-refractivity contribution < 1.29 is 9.90 Å². The van der Waals surface area contributed by atoms with Crippen molar-refractivity contribution in [2.45, 2.75) is 19.5 Å². The van der Waals surface area contributed by atoms with Crippen molar-refractivity contribution in [3.63, 3.8) is 0 Å². The molecule has 0 fully saturated rings. The van der Waals surface area contributed by atoms with Crippen LogP contribution >= 0.6 is 0 Å². The Morgan fingerprint density at radius 3 is 3.00 bits per heavy atom. The summed E-state index contributed by atoms with van der Waals surface area (Å²) in [6.07, 6.45) is 3.37. The molecule has 0 aliphatic heterocycles. The van der Waals surface area contributed by atoms with Crippen LogP contribution in [0.5, 0.6) is 0 Å². The van der Waals surface area contributed by atoms with Crippen molar-refractivity contribution >= 4 is 5.97 Å². The summed E-state index contributed by atoms with van der Waals surface area (Å²) >= 11 is 0. The standard InChI is InChI=1S/C8H13N3O2/c1-2-9-7(8(12)13)6-11-5-3-4-10-11/h3-5,7,9H,2,6H2,1H3,(H,12,13). The van der Waals surface area contributed by atoms with Gasteiger partial charge in [0.1, 0.15) is 6.04 Å². The predicted octanol–water partition coefficient (Wildman–Crippen LogP) is -0.0542. The van der Waals surface area contributed by atoms with Crippen LogP contribution in [-0.4, -0.2) is 33.4 Å². The number of aromatic nitrogens is 2. The van der Waals surface area contributed by atoms with Gasteiger partial charge in [0, 0.05) is 12.4 Å². The van der Waals surface area contributed by atoms with Crippen molar-refractivity contribution in [3.05, 3.63) is 18.5 Å². The van der Waals surface area contributed by atoms with Gasteiger partial charge < -0.3 is 10.4 Å². The molecule has 72 valence electrons. The average Bonchev–Trinajstić information content (AvgIpc) is 2.56. The number of carboxylic acids is 1. The molecule has 0 spiro atoms. The van der Waals surface area contributed by atoms with Crippen molar-refractivity contribution in [3.8, 4) is 0 Å². The first-order valence-electron chi connectivity index (χ1n) is 4.17. The van der Waals surface area contributed by atoms with Gasteiger partial charge >= 0.3 is 5.97 Å². The lowest BCUT2D eigenvalue weighted by Gasteiger charge is -2.12. The lowest BCUT2D eigenvalue weighted by Crippen LogP contribution is -2.40. The van der Waals surface area contributed by atoms with Gasteiger partial charge in [-0.25, -0.2) is 0 Å². The first-order chi connectivity index (χ1) is 6.24. The summed E-state index contributed by atoms with van der Waals surface area (Å²) in [4.78, 5) is 10.7. The van der Waals surface area contributed by atoms with E-state index < -0.39 is 12.0 Å². The van der Waals surface area contributed by atoms with E-state index in [9.17, 15) is 4.79 Å². The van der Waals surface area contributed by atoms with E-state index >= 15 is 0 Å². The second-order valence-corrected chi connectivity index (χ2v) is 2.68. The fourth-order valence-electron chi connectivity index (χ4n) is 1.07. The molecule has 0 aromatic carbocycles. The Balaban J connectivity index is 2.52. The third-order valence-electron chi connectivity index (χ3n) is 1.68. The van der Waals surface area contributed by atoms with Crippen molar-refractivity contribution in [2.75, 3.05) is 6.54 Å². The average molecular weight is 183 g/mol. The third kappa shape index (κ3) is 2.87. The highest BCUT2D eigenvalue weighted by Gasteiger charge is 2.15. The quantitative estimate of drug-likeness (QED) is 0.671. The third-order valence-corrected chi connectivity index (χ3v) is 1.68. The van der Waals surface area contributed by atoms with Crippen LogP contribution in [0.25, 0.3) is 0 Å². The molecule has 0 saturated heterocycles. The van der Waals surface area contributed by atoms with E-state index in [0.29, 0.717) is 13.1 Å².